The second-order valence-electron chi connectivity index (χ2n) is 3.78. The summed E-state index contributed by atoms with van der Waals surface area (Å²) in [5.74, 6) is -0.459. The predicted molar refractivity (Wildman–Crippen MR) is 65.4 cm³/mol. The summed E-state index contributed by atoms with van der Waals surface area (Å²) in [6.07, 6.45) is 0. The summed E-state index contributed by atoms with van der Waals surface area (Å²) in [6.45, 7) is 1.69. The van der Waals surface area contributed by atoms with Crippen molar-refractivity contribution in [2.24, 2.45) is 5.73 Å². The number of nitrogens with two attached hydrogens (primary N) is 1. The van der Waals surface area contributed by atoms with E-state index in [0.29, 0.717) is 0 Å². The lowest BCUT2D eigenvalue weighted by Gasteiger charge is -2.13. The molecule has 0 saturated heterocycles. The first-order valence-electron chi connectivity index (χ1n) is 5.30. The van der Waals surface area contributed by atoms with Crippen LogP contribution in [0, 0.1) is 17.0 Å². The van der Waals surface area contributed by atoms with Crippen molar-refractivity contribution in [3.8, 4) is 5.75 Å². The molecule has 18 heavy (non-hydrogen) atoms. The van der Waals surface area contributed by atoms with Crippen LogP contribution < -0.4 is 15.8 Å². The summed E-state index contributed by atoms with van der Waals surface area (Å²) in [5, 5.41) is 13.5. The SMILES string of the molecule is CNC(COc1ccc(C)cc1[N+](=O)[O-])C(N)=O. The summed E-state index contributed by atoms with van der Waals surface area (Å²) in [7, 11) is 1.56. The van der Waals surface area contributed by atoms with Crippen molar-refractivity contribution in [3.63, 3.8) is 0 Å². The van der Waals surface area contributed by atoms with Crippen molar-refractivity contribution in [2.75, 3.05) is 13.7 Å². The minimum Gasteiger partial charge on any atom is -0.485 e. The van der Waals surface area contributed by atoms with E-state index in [1.165, 1.54) is 12.1 Å². The Labute approximate surface area is 104 Å². The van der Waals surface area contributed by atoms with Crippen molar-refractivity contribution in [1.29, 1.82) is 0 Å². The van der Waals surface area contributed by atoms with Crippen molar-refractivity contribution >= 4 is 11.6 Å². The lowest BCUT2D eigenvalue weighted by atomic mass is 10.2. The van der Waals surface area contributed by atoms with Gasteiger partial charge in [0.1, 0.15) is 12.6 Å². The van der Waals surface area contributed by atoms with Gasteiger partial charge in [-0.05, 0) is 25.6 Å². The zero-order valence-corrected chi connectivity index (χ0v) is 10.2. The summed E-state index contributed by atoms with van der Waals surface area (Å²) in [5.41, 5.74) is 5.75. The van der Waals surface area contributed by atoms with Crippen LogP contribution in [0.15, 0.2) is 18.2 Å². The zero-order valence-electron chi connectivity index (χ0n) is 10.2. The first-order valence-corrected chi connectivity index (χ1v) is 5.30. The minimum absolute atomic E-state index is 0.0598. The second-order valence-corrected chi connectivity index (χ2v) is 3.78. The number of benzene rings is 1. The standard InChI is InChI=1S/C11H15N3O4/c1-7-3-4-10(9(5-7)14(16)17)18-6-8(13-2)11(12)15/h3-5,8,13H,6H2,1-2H3,(H2,12,15). The third kappa shape index (κ3) is 3.42. The smallest absolute Gasteiger partial charge is 0.311 e. The molecule has 0 aliphatic heterocycles. The number of aryl methyl sites for hydroxylation is 1. The van der Waals surface area contributed by atoms with E-state index in [1.807, 2.05) is 0 Å². The van der Waals surface area contributed by atoms with Gasteiger partial charge in [0.2, 0.25) is 5.91 Å². The molecule has 1 aromatic rings. The van der Waals surface area contributed by atoms with E-state index in [-0.39, 0.29) is 18.0 Å². The van der Waals surface area contributed by atoms with Gasteiger partial charge >= 0.3 is 5.69 Å². The Balaban J connectivity index is 2.84. The van der Waals surface area contributed by atoms with Crippen molar-refractivity contribution in [2.45, 2.75) is 13.0 Å². The molecule has 0 saturated carbocycles. The molecule has 1 aromatic carbocycles. The van der Waals surface area contributed by atoms with E-state index >= 15 is 0 Å². The summed E-state index contributed by atoms with van der Waals surface area (Å²) >= 11 is 0. The highest BCUT2D eigenvalue weighted by Crippen LogP contribution is 2.27. The molecule has 0 aromatic heterocycles. The van der Waals surface area contributed by atoms with Crippen molar-refractivity contribution in [3.05, 3.63) is 33.9 Å². The van der Waals surface area contributed by atoms with Gasteiger partial charge in [0.25, 0.3) is 0 Å². The molecule has 1 amide bonds. The number of carbonyl (C=O) groups is 1. The molecule has 0 heterocycles. The number of carbonyl (C=O) groups excluding carboxylic acids is 1. The van der Waals surface area contributed by atoms with Crippen LogP contribution in [-0.2, 0) is 4.79 Å². The number of hydrogen-bond acceptors (Lipinski definition) is 5. The van der Waals surface area contributed by atoms with E-state index in [1.54, 1.807) is 20.0 Å². The predicted octanol–water partition coefficient (Wildman–Crippen LogP) is 0.355. The average molecular weight is 253 g/mol. The van der Waals surface area contributed by atoms with E-state index < -0.39 is 16.9 Å². The Morgan fingerprint density at radius 2 is 2.28 bits per heavy atom. The largest absolute Gasteiger partial charge is 0.485 e. The molecule has 7 heteroatoms. The Morgan fingerprint density at radius 3 is 2.78 bits per heavy atom. The minimum atomic E-state index is -0.689. The number of nitrogens with zero attached hydrogens (tertiary/aromatic N) is 1. The molecule has 1 atom stereocenters. The van der Waals surface area contributed by atoms with Gasteiger partial charge in [0, 0.05) is 6.07 Å². The number of hydrogen-bond donors (Lipinski definition) is 2. The van der Waals surface area contributed by atoms with Gasteiger partial charge in [-0.25, -0.2) is 0 Å². The van der Waals surface area contributed by atoms with Gasteiger partial charge in [-0.3, -0.25) is 14.9 Å². The highest BCUT2D eigenvalue weighted by molar-refractivity contribution is 5.80. The number of amides is 1. The molecule has 1 rings (SSSR count). The Bertz CT molecular complexity index is 462. The van der Waals surface area contributed by atoms with Gasteiger partial charge < -0.3 is 15.8 Å². The van der Waals surface area contributed by atoms with E-state index in [4.69, 9.17) is 10.5 Å². The average Bonchev–Trinajstić information content (AvgIpc) is 2.30. The molecule has 0 aliphatic rings. The highest BCUT2D eigenvalue weighted by Gasteiger charge is 2.18. The number of nitrogens with one attached hydrogen (secondary N) is 1. The molecule has 3 N–H and O–H groups in total. The first-order chi connectivity index (χ1) is 8.45. The van der Waals surface area contributed by atoms with Crippen LogP contribution in [0.4, 0.5) is 5.69 Å². The van der Waals surface area contributed by atoms with Crippen LogP contribution >= 0.6 is 0 Å². The molecular weight excluding hydrogens is 238 g/mol. The fourth-order valence-electron chi connectivity index (χ4n) is 1.37. The second kappa shape index (κ2) is 5.97. The zero-order chi connectivity index (χ0) is 13.7. The van der Waals surface area contributed by atoms with Gasteiger partial charge in [0.15, 0.2) is 5.75 Å². The maximum Gasteiger partial charge on any atom is 0.311 e. The van der Waals surface area contributed by atoms with Gasteiger partial charge in [-0.2, -0.15) is 0 Å². The van der Waals surface area contributed by atoms with Crippen LogP contribution in [-0.4, -0.2) is 30.5 Å². The lowest BCUT2D eigenvalue weighted by Crippen LogP contribution is -2.43. The molecule has 0 aliphatic carbocycles. The highest BCUT2D eigenvalue weighted by atomic mass is 16.6. The Kier molecular flexibility index (Phi) is 4.61. The van der Waals surface area contributed by atoms with E-state index in [9.17, 15) is 14.9 Å². The van der Waals surface area contributed by atoms with E-state index in [2.05, 4.69) is 5.32 Å². The van der Waals surface area contributed by atoms with E-state index in [0.717, 1.165) is 5.56 Å². The fraction of sp³-hybridized carbons (Fsp3) is 0.364. The molecule has 7 nitrogen and oxygen atoms in total. The maximum atomic E-state index is 11.0. The number of likely N-dealkylation sites (N-methyl/N-ethyl adjacent to an activating group) is 1. The van der Waals surface area contributed by atoms with Gasteiger partial charge in [-0.15, -0.1) is 0 Å². The molecular formula is C11H15N3O4. The number of nitro benzene ring substituents is 1. The lowest BCUT2D eigenvalue weighted by molar-refractivity contribution is -0.385. The topological polar surface area (TPSA) is 107 Å². The quantitative estimate of drug-likeness (QED) is 0.562. The number of nitro groups is 1. The van der Waals surface area contributed by atoms with Gasteiger partial charge in [-0.1, -0.05) is 6.07 Å². The first kappa shape index (κ1) is 13.9. The van der Waals surface area contributed by atoms with Crippen LogP contribution in [0.1, 0.15) is 5.56 Å². The van der Waals surface area contributed by atoms with Crippen LogP contribution in [0.5, 0.6) is 5.75 Å². The number of rotatable bonds is 6. The molecule has 0 radical (unpaired) electrons. The molecule has 0 fully saturated rings. The molecule has 98 valence electrons. The third-order valence-corrected chi connectivity index (χ3v) is 2.41. The fourth-order valence-corrected chi connectivity index (χ4v) is 1.37. The number of ether oxygens (including phenoxy) is 1. The molecule has 1 unspecified atom stereocenters. The monoisotopic (exact) mass is 253 g/mol. The Hall–Kier alpha value is -2.15. The summed E-state index contributed by atoms with van der Waals surface area (Å²) in [6, 6.07) is 3.92. The van der Waals surface area contributed by atoms with Crippen molar-refractivity contribution < 1.29 is 14.5 Å². The van der Waals surface area contributed by atoms with Crippen LogP contribution in [0.3, 0.4) is 0 Å². The van der Waals surface area contributed by atoms with Crippen molar-refractivity contribution in [1.82, 2.24) is 5.32 Å². The maximum absolute atomic E-state index is 11.0. The Morgan fingerprint density at radius 1 is 1.61 bits per heavy atom. The normalized spacial score (nSPS) is 11.9. The summed E-state index contributed by atoms with van der Waals surface area (Å²) in [4.78, 5) is 21.3. The molecule has 0 bridgehead atoms. The van der Waals surface area contributed by atoms with Gasteiger partial charge in [0.05, 0.1) is 4.92 Å². The number of primary amides is 1. The third-order valence-electron chi connectivity index (χ3n) is 2.41. The molecule has 0 spiro atoms. The van der Waals surface area contributed by atoms with Crippen LogP contribution in [0.25, 0.3) is 0 Å². The summed E-state index contributed by atoms with van der Waals surface area (Å²) < 4.78 is 5.26. The van der Waals surface area contributed by atoms with Crippen LogP contribution in [0.2, 0.25) is 0 Å².